The molecule has 8 nitrogen and oxygen atoms in total. The summed E-state index contributed by atoms with van der Waals surface area (Å²) in [5.41, 5.74) is 1.99. The molecule has 0 saturated carbocycles. The van der Waals surface area contributed by atoms with Crippen LogP contribution in [0.5, 0.6) is 0 Å². The number of likely N-dealkylation sites (tertiary alicyclic amines) is 1. The van der Waals surface area contributed by atoms with Gasteiger partial charge in [-0.1, -0.05) is 12.1 Å². The summed E-state index contributed by atoms with van der Waals surface area (Å²) < 4.78 is 0. The van der Waals surface area contributed by atoms with E-state index in [-0.39, 0.29) is 11.9 Å². The van der Waals surface area contributed by atoms with E-state index in [9.17, 15) is 9.59 Å². The predicted molar refractivity (Wildman–Crippen MR) is 124 cm³/mol. The molecule has 0 spiro atoms. The van der Waals surface area contributed by atoms with Gasteiger partial charge >= 0.3 is 6.03 Å². The third-order valence-electron chi connectivity index (χ3n) is 6.36. The van der Waals surface area contributed by atoms with Crippen molar-refractivity contribution in [3.8, 4) is 0 Å². The summed E-state index contributed by atoms with van der Waals surface area (Å²) >= 11 is 0. The van der Waals surface area contributed by atoms with Gasteiger partial charge in [0.2, 0.25) is 5.95 Å². The minimum atomic E-state index is 0.0472. The van der Waals surface area contributed by atoms with E-state index >= 15 is 0 Å². The van der Waals surface area contributed by atoms with Crippen molar-refractivity contribution >= 4 is 17.9 Å². The largest absolute Gasteiger partial charge is 0.338 e. The van der Waals surface area contributed by atoms with E-state index in [1.54, 1.807) is 12.4 Å². The molecular formula is C24H32N6O2. The Hall–Kier alpha value is -3.16. The molecule has 0 atom stereocenters. The van der Waals surface area contributed by atoms with Crippen molar-refractivity contribution < 1.29 is 9.59 Å². The van der Waals surface area contributed by atoms with E-state index in [2.05, 4.69) is 32.3 Å². The van der Waals surface area contributed by atoms with Crippen LogP contribution in [0.25, 0.3) is 0 Å². The van der Waals surface area contributed by atoms with E-state index in [1.165, 1.54) is 5.56 Å². The minimum absolute atomic E-state index is 0.0472. The summed E-state index contributed by atoms with van der Waals surface area (Å²) in [6.45, 7) is 7.05. The van der Waals surface area contributed by atoms with E-state index < -0.39 is 0 Å². The molecular weight excluding hydrogens is 404 g/mol. The first kappa shape index (κ1) is 22.0. The molecule has 0 aliphatic carbocycles. The average molecular weight is 437 g/mol. The molecule has 1 aromatic carbocycles. The van der Waals surface area contributed by atoms with E-state index in [1.807, 2.05) is 34.9 Å². The van der Waals surface area contributed by atoms with E-state index in [4.69, 9.17) is 0 Å². The van der Waals surface area contributed by atoms with E-state index in [0.717, 1.165) is 57.0 Å². The fraction of sp³-hybridized carbons (Fsp3) is 0.500. The zero-order chi connectivity index (χ0) is 22.3. The molecule has 32 heavy (non-hydrogen) atoms. The SMILES string of the molecule is CCNC(=O)N1CCC(Cc2ccc(C(=O)N3CCN(c4ncccn4)CC3)cc2)CC1. The van der Waals surface area contributed by atoms with Crippen LogP contribution in [0.1, 0.15) is 35.7 Å². The first-order valence-electron chi connectivity index (χ1n) is 11.6. The summed E-state index contributed by atoms with van der Waals surface area (Å²) in [7, 11) is 0. The molecule has 0 unspecified atom stereocenters. The fourth-order valence-corrected chi connectivity index (χ4v) is 4.47. The lowest BCUT2D eigenvalue weighted by Gasteiger charge is -2.34. The Morgan fingerprint density at radius 3 is 2.22 bits per heavy atom. The van der Waals surface area contributed by atoms with Gasteiger partial charge in [-0.05, 0) is 55.9 Å². The number of nitrogens with zero attached hydrogens (tertiary/aromatic N) is 5. The third kappa shape index (κ3) is 5.36. The highest BCUT2D eigenvalue weighted by atomic mass is 16.2. The van der Waals surface area contributed by atoms with Gasteiger partial charge in [-0.2, -0.15) is 0 Å². The van der Waals surface area contributed by atoms with Crippen LogP contribution in [0.2, 0.25) is 0 Å². The molecule has 0 bridgehead atoms. The van der Waals surface area contributed by atoms with Crippen LogP contribution in [0.15, 0.2) is 42.7 Å². The number of hydrogen-bond donors (Lipinski definition) is 1. The zero-order valence-electron chi connectivity index (χ0n) is 18.7. The van der Waals surface area contributed by atoms with Crippen LogP contribution in [0.3, 0.4) is 0 Å². The Balaban J connectivity index is 1.25. The lowest BCUT2D eigenvalue weighted by molar-refractivity contribution is 0.0746. The van der Waals surface area contributed by atoms with E-state index in [0.29, 0.717) is 25.6 Å². The molecule has 2 saturated heterocycles. The van der Waals surface area contributed by atoms with Gasteiger partial charge < -0.3 is 20.0 Å². The van der Waals surface area contributed by atoms with Gasteiger partial charge in [0.1, 0.15) is 0 Å². The number of piperidine rings is 1. The monoisotopic (exact) mass is 436 g/mol. The third-order valence-corrected chi connectivity index (χ3v) is 6.36. The Kier molecular flexibility index (Phi) is 7.19. The van der Waals surface area contributed by atoms with Crippen LogP contribution in [-0.2, 0) is 6.42 Å². The Morgan fingerprint density at radius 1 is 0.938 bits per heavy atom. The Bertz CT molecular complexity index is 888. The quantitative estimate of drug-likeness (QED) is 0.779. The molecule has 1 aromatic heterocycles. The van der Waals surface area contributed by atoms with Crippen LogP contribution in [-0.4, -0.2) is 77.5 Å². The Morgan fingerprint density at radius 2 is 1.59 bits per heavy atom. The number of benzene rings is 1. The number of hydrogen-bond acceptors (Lipinski definition) is 5. The van der Waals surface area contributed by atoms with Crippen molar-refractivity contribution in [2.45, 2.75) is 26.2 Å². The molecule has 2 fully saturated rings. The van der Waals surface area contributed by atoms with Crippen LogP contribution in [0, 0.1) is 5.92 Å². The maximum absolute atomic E-state index is 12.9. The number of nitrogens with one attached hydrogen (secondary N) is 1. The summed E-state index contributed by atoms with van der Waals surface area (Å²) in [6, 6.07) is 9.92. The summed E-state index contributed by atoms with van der Waals surface area (Å²) in [6.07, 6.45) is 6.52. The molecule has 2 aromatic rings. The maximum atomic E-state index is 12.9. The van der Waals surface area contributed by atoms with Gasteiger partial charge in [0, 0.05) is 63.8 Å². The number of urea groups is 1. The van der Waals surface area contributed by atoms with Gasteiger partial charge in [0.15, 0.2) is 0 Å². The molecule has 1 N–H and O–H groups in total. The standard InChI is InChI=1S/C24H32N6O2/c1-2-25-24(32)30-12-8-20(9-13-30)18-19-4-6-21(7-5-19)22(31)28-14-16-29(17-15-28)23-26-10-3-11-27-23/h3-7,10-11,20H,2,8-9,12-18H2,1H3,(H,25,32). The molecule has 2 aliphatic heterocycles. The van der Waals surface area contributed by atoms with Crippen LogP contribution < -0.4 is 10.2 Å². The molecule has 170 valence electrons. The average Bonchev–Trinajstić information content (AvgIpc) is 2.85. The van der Waals surface area contributed by atoms with Crippen molar-refractivity contribution in [1.29, 1.82) is 0 Å². The minimum Gasteiger partial charge on any atom is -0.338 e. The topological polar surface area (TPSA) is 81.7 Å². The molecule has 0 radical (unpaired) electrons. The highest BCUT2D eigenvalue weighted by molar-refractivity contribution is 5.94. The van der Waals surface area contributed by atoms with Gasteiger partial charge in [-0.3, -0.25) is 4.79 Å². The van der Waals surface area contributed by atoms with Crippen molar-refractivity contribution in [3.63, 3.8) is 0 Å². The Labute approximate surface area is 189 Å². The number of carbonyl (C=O) groups excluding carboxylic acids is 2. The van der Waals surface area contributed by atoms with Gasteiger partial charge in [0.25, 0.3) is 5.91 Å². The number of amides is 3. The normalized spacial score (nSPS) is 17.3. The number of piperazine rings is 1. The first-order valence-corrected chi connectivity index (χ1v) is 11.6. The maximum Gasteiger partial charge on any atom is 0.317 e. The lowest BCUT2D eigenvalue weighted by Crippen LogP contribution is -2.49. The second kappa shape index (κ2) is 10.4. The smallest absolute Gasteiger partial charge is 0.317 e. The number of carbonyl (C=O) groups is 2. The van der Waals surface area contributed by atoms with Crippen molar-refractivity contribution in [1.82, 2.24) is 25.1 Å². The highest BCUT2D eigenvalue weighted by Crippen LogP contribution is 2.22. The molecule has 2 aliphatic rings. The molecule has 8 heteroatoms. The van der Waals surface area contributed by atoms with Gasteiger partial charge in [-0.25, -0.2) is 14.8 Å². The first-order chi connectivity index (χ1) is 15.6. The molecule has 3 amide bonds. The summed E-state index contributed by atoms with van der Waals surface area (Å²) in [4.78, 5) is 39.4. The molecule has 4 rings (SSSR count). The summed E-state index contributed by atoms with van der Waals surface area (Å²) in [5, 5.41) is 2.88. The second-order valence-corrected chi connectivity index (χ2v) is 8.49. The van der Waals surface area contributed by atoms with Gasteiger partial charge in [0.05, 0.1) is 0 Å². The number of anilines is 1. The second-order valence-electron chi connectivity index (χ2n) is 8.49. The predicted octanol–water partition coefficient (Wildman–Crippen LogP) is 2.42. The lowest BCUT2D eigenvalue weighted by atomic mass is 9.90. The molecule has 3 heterocycles. The van der Waals surface area contributed by atoms with Crippen LogP contribution >= 0.6 is 0 Å². The summed E-state index contributed by atoms with van der Waals surface area (Å²) in [5.74, 6) is 1.39. The van der Waals surface area contributed by atoms with Crippen molar-refractivity contribution in [3.05, 3.63) is 53.9 Å². The number of aromatic nitrogens is 2. The van der Waals surface area contributed by atoms with Gasteiger partial charge in [-0.15, -0.1) is 0 Å². The fourth-order valence-electron chi connectivity index (χ4n) is 4.47. The van der Waals surface area contributed by atoms with Crippen molar-refractivity contribution in [2.24, 2.45) is 5.92 Å². The van der Waals surface area contributed by atoms with Crippen LogP contribution in [0.4, 0.5) is 10.7 Å². The highest BCUT2D eigenvalue weighted by Gasteiger charge is 2.24. The number of rotatable bonds is 5. The zero-order valence-corrected chi connectivity index (χ0v) is 18.7. The van der Waals surface area contributed by atoms with Crippen molar-refractivity contribution in [2.75, 3.05) is 50.7 Å².